The molecule has 4 heteroatoms. The molecule has 0 saturated carbocycles. The first-order valence-electron chi connectivity index (χ1n) is 19.6. The van der Waals surface area contributed by atoms with Crippen LogP contribution in [0.5, 0.6) is 0 Å². The van der Waals surface area contributed by atoms with Gasteiger partial charge in [0.25, 0.3) is 0 Å². The molecule has 4 nitrogen and oxygen atoms in total. The van der Waals surface area contributed by atoms with Crippen LogP contribution in [0, 0.1) is 0 Å². The van der Waals surface area contributed by atoms with Crippen molar-refractivity contribution in [3.8, 4) is 45.0 Å². The fraction of sp³-hybridized carbons (Fsp3) is 0. The lowest BCUT2D eigenvalue weighted by molar-refractivity contribution is 0.670. The molecule has 0 spiro atoms. The molecule has 2 heterocycles. The van der Waals surface area contributed by atoms with E-state index in [1.807, 2.05) is 12.1 Å². The zero-order valence-corrected chi connectivity index (χ0v) is 31.5. The number of nitrogens with zero attached hydrogens (tertiary/aromatic N) is 3. The summed E-state index contributed by atoms with van der Waals surface area (Å²) in [6, 6.07) is 74.3. The quantitative estimate of drug-likeness (QED) is 0.163. The normalized spacial score (nSPS) is 11.4. The van der Waals surface area contributed by atoms with Gasteiger partial charge in [0, 0.05) is 49.8 Å². The minimum Gasteiger partial charge on any atom is -0.455 e. The van der Waals surface area contributed by atoms with Crippen molar-refractivity contribution in [2.45, 2.75) is 0 Å². The van der Waals surface area contributed by atoms with Gasteiger partial charge < -0.3 is 9.32 Å². The summed E-state index contributed by atoms with van der Waals surface area (Å²) in [5.74, 6) is 0.649. The lowest BCUT2D eigenvalue weighted by Crippen LogP contribution is -2.10. The minimum absolute atomic E-state index is 0.649. The number of fused-ring (bicyclic) bond motifs is 6. The maximum absolute atomic E-state index is 6.94. The Bertz CT molecular complexity index is 3200. The number of benzene rings is 9. The summed E-state index contributed by atoms with van der Waals surface area (Å²) in [5, 5.41) is 6.73. The highest BCUT2D eigenvalue weighted by Gasteiger charge is 2.22. The largest absolute Gasteiger partial charge is 0.455 e. The van der Waals surface area contributed by atoms with E-state index in [0.29, 0.717) is 5.82 Å². The van der Waals surface area contributed by atoms with Crippen molar-refractivity contribution in [2.24, 2.45) is 0 Å². The molecule has 0 aliphatic rings. The first kappa shape index (κ1) is 33.5. The number of aromatic nitrogens is 2. The lowest BCUT2D eigenvalue weighted by atomic mass is 9.95. The molecule has 0 radical (unpaired) electrons. The van der Waals surface area contributed by atoms with E-state index in [2.05, 4.69) is 205 Å². The Morgan fingerprint density at radius 1 is 0.379 bits per heavy atom. The molecule has 58 heavy (non-hydrogen) atoms. The van der Waals surface area contributed by atoms with Gasteiger partial charge in [-0.1, -0.05) is 158 Å². The summed E-state index contributed by atoms with van der Waals surface area (Å²) in [5.41, 5.74) is 11.7. The summed E-state index contributed by atoms with van der Waals surface area (Å²) in [7, 11) is 0. The predicted molar refractivity (Wildman–Crippen MR) is 241 cm³/mol. The van der Waals surface area contributed by atoms with E-state index in [9.17, 15) is 0 Å². The Morgan fingerprint density at radius 2 is 0.931 bits per heavy atom. The van der Waals surface area contributed by atoms with Crippen molar-refractivity contribution in [1.29, 1.82) is 0 Å². The van der Waals surface area contributed by atoms with Crippen LogP contribution in [0.1, 0.15) is 0 Å². The van der Waals surface area contributed by atoms with Crippen LogP contribution in [-0.2, 0) is 0 Å². The number of hydrogen-bond acceptors (Lipinski definition) is 4. The Labute approximate surface area is 335 Å². The molecule has 0 unspecified atom stereocenters. The van der Waals surface area contributed by atoms with Gasteiger partial charge in [-0.25, -0.2) is 9.97 Å². The molecule has 0 aliphatic heterocycles. The average Bonchev–Trinajstić information content (AvgIpc) is 3.71. The van der Waals surface area contributed by atoms with Gasteiger partial charge in [0.15, 0.2) is 5.82 Å². The molecule has 0 fully saturated rings. The van der Waals surface area contributed by atoms with Crippen molar-refractivity contribution in [3.05, 3.63) is 212 Å². The first-order valence-corrected chi connectivity index (χ1v) is 19.6. The summed E-state index contributed by atoms with van der Waals surface area (Å²) in [6.45, 7) is 0. The Hall–Kier alpha value is -7.82. The lowest BCUT2D eigenvalue weighted by Gasteiger charge is -2.27. The second-order valence-corrected chi connectivity index (χ2v) is 14.5. The van der Waals surface area contributed by atoms with Crippen molar-refractivity contribution in [2.75, 3.05) is 4.90 Å². The minimum atomic E-state index is 0.649. The van der Waals surface area contributed by atoms with E-state index < -0.39 is 0 Å². The molecule has 9 aromatic carbocycles. The average molecular weight is 742 g/mol. The third kappa shape index (κ3) is 5.78. The second-order valence-electron chi connectivity index (χ2n) is 14.5. The van der Waals surface area contributed by atoms with Crippen molar-refractivity contribution in [3.63, 3.8) is 0 Å². The van der Waals surface area contributed by atoms with Gasteiger partial charge >= 0.3 is 0 Å². The molecule has 0 amide bonds. The molecular weight excluding hydrogens is 707 g/mol. The fourth-order valence-corrected chi connectivity index (χ4v) is 8.33. The molecule has 0 N–H and O–H groups in total. The Morgan fingerprint density at radius 3 is 1.62 bits per heavy atom. The van der Waals surface area contributed by atoms with Crippen LogP contribution in [0.25, 0.3) is 88.5 Å². The van der Waals surface area contributed by atoms with Gasteiger partial charge in [0.05, 0.1) is 17.1 Å². The van der Waals surface area contributed by atoms with Crippen molar-refractivity contribution < 1.29 is 4.42 Å². The number of anilines is 3. The maximum Gasteiger partial charge on any atom is 0.161 e. The van der Waals surface area contributed by atoms with Crippen LogP contribution in [0.15, 0.2) is 217 Å². The van der Waals surface area contributed by atoms with E-state index >= 15 is 0 Å². The number of rotatable bonds is 7. The van der Waals surface area contributed by atoms with Gasteiger partial charge in [0.1, 0.15) is 11.2 Å². The third-order valence-electron chi connectivity index (χ3n) is 11.1. The molecule has 11 aromatic rings. The fourth-order valence-electron chi connectivity index (χ4n) is 8.33. The van der Waals surface area contributed by atoms with E-state index in [4.69, 9.17) is 14.4 Å². The predicted octanol–water partition coefficient (Wildman–Crippen LogP) is 14.8. The molecule has 0 saturated heterocycles. The van der Waals surface area contributed by atoms with Crippen molar-refractivity contribution in [1.82, 2.24) is 9.97 Å². The summed E-state index contributed by atoms with van der Waals surface area (Å²) in [6.07, 6.45) is 0. The molecule has 11 rings (SSSR count). The SMILES string of the molecule is c1ccc(-c2cc(-c3ccccc3)nc(-c3ccc(-c4ccc(N(c5ccccc5)c5cccc6ccccc56)cc4)c4oc5ccc6ccccc6c5c34)n2)cc1. The van der Waals surface area contributed by atoms with Crippen molar-refractivity contribution >= 4 is 60.5 Å². The first-order chi connectivity index (χ1) is 28.8. The zero-order valence-electron chi connectivity index (χ0n) is 31.5. The topological polar surface area (TPSA) is 42.2 Å². The van der Waals surface area contributed by atoms with E-state index in [1.54, 1.807) is 0 Å². The third-order valence-corrected chi connectivity index (χ3v) is 11.1. The van der Waals surface area contributed by atoms with Crippen LogP contribution < -0.4 is 4.90 Å². The monoisotopic (exact) mass is 741 g/mol. The molecule has 2 aromatic heterocycles. The number of para-hydroxylation sites is 1. The van der Waals surface area contributed by atoms with Gasteiger partial charge in [-0.3, -0.25) is 0 Å². The van der Waals surface area contributed by atoms with Crippen LogP contribution >= 0.6 is 0 Å². The highest BCUT2D eigenvalue weighted by molar-refractivity contribution is 6.24. The van der Waals surface area contributed by atoms with Crippen LogP contribution in [0.3, 0.4) is 0 Å². The van der Waals surface area contributed by atoms with Gasteiger partial charge in [-0.2, -0.15) is 0 Å². The standard InChI is InChI=1S/C54H35N3O/c1-4-17-39(18-5-1)47-35-48(40-19-6-2-7-20-40)56-54(55-47)46-33-32-45(53-52(46)51-44-25-13-11-16-37(44)29-34-50(51)58-53)38-27-30-42(31-28-38)57(41-22-8-3-9-23-41)49-26-14-21-36-15-10-12-24-43(36)49/h1-35H. The Balaban J connectivity index is 1.12. The zero-order chi connectivity index (χ0) is 38.4. The summed E-state index contributed by atoms with van der Waals surface area (Å²) >= 11 is 0. The highest BCUT2D eigenvalue weighted by Crippen LogP contribution is 2.45. The van der Waals surface area contributed by atoms with E-state index in [1.165, 1.54) is 10.8 Å². The van der Waals surface area contributed by atoms with Gasteiger partial charge in [-0.15, -0.1) is 0 Å². The molecular formula is C54H35N3O. The van der Waals surface area contributed by atoms with Crippen LogP contribution in [-0.4, -0.2) is 9.97 Å². The number of hydrogen-bond donors (Lipinski definition) is 0. The van der Waals surface area contributed by atoms with Crippen LogP contribution in [0.2, 0.25) is 0 Å². The molecule has 0 bridgehead atoms. The second kappa shape index (κ2) is 14.0. The smallest absolute Gasteiger partial charge is 0.161 e. The summed E-state index contributed by atoms with van der Waals surface area (Å²) < 4.78 is 6.94. The molecule has 0 aliphatic carbocycles. The van der Waals surface area contributed by atoms with Crippen LogP contribution in [0.4, 0.5) is 17.1 Å². The number of furan rings is 1. The summed E-state index contributed by atoms with van der Waals surface area (Å²) in [4.78, 5) is 12.9. The van der Waals surface area contributed by atoms with Gasteiger partial charge in [0.2, 0.25) is 0 Å². The highest BCUT2D eigenvalue weighted by atomic mass is 16.3. The van der Waals surface area contributed by atoms with Gasteiger partial charge in [-0.05, 0) is 76.3 Å². The Kier molecular flexibility index (Phi) is 8.11. The molecule has 272 valence electrons. The van der Waals surface area contributed by atoms with E-state index in [0.717, 1.165) is 89.0 Å². The molecule has 0 atom stereocenters. The maximum atomic E-state index is 6.94. The van der Waals surface area contributed by atoms with E-state index in [-0.39, 0.29) is 0 Å².